The van der Waals surface area contributed by atoms with Gasteiger partial charge in [-0.05, 0) is 36.7 Å². The minimum atomic E-state index is -1.09. The number of halogens is 1. The molecule has 0 amide bonds. The molecule has 19 heavy (non-hydrogen) atoms. The van der Waals surface area contributed by atoms with Crippen molar-refractivity contribution < 1.29 is 14.3 Å². The van der Waals surface area contributed by atoms with Crippen LogP contribution in [0.2, 0.25) is 0 Å². The zero-order valence-electron chi connectivity index (χ0n) is 9.77. The normalized spacial score (nSPS) is 9.95. The Morgan fingerprint density at radius 3 is 2.95 bits per heavy atom. The van der Waals surface area contributed by atoms with Gasteiger partial charge < -0.3 is 10.4 Å². The van der Waals surface area contributed by atoms with E-state index in [-0.39, 0.29) is 11.1 Å². The zero-order chi connectivity index (χ0) is 14.0. The van der Waals surface area contributed by atoms with Crippen molar-refractivity contribution in [2.45, 2.75) is 6.92 Å². The van der Waals surface area contributed by atoms with Gasteiger partial charge in [0, 0.05) is 5.69 Å². The van der Waals surface area contributed by atoms with Crippen molar-refractivity contribution in [1.82, 2.24) is 4.37 Å². The van der Waals surface area contributed by atoms with Gasteiger partial charge in [0.15, 0.2) is 0 Å². The number of nitrogens with one attached hydrogen (secondary N) is 1. The third-order valence-corrected chi connectivity index (χ3v) is 3.28. The van der Waals surface area contributed by atoms with Crippen LogP contribution in [0.25, 0.3) is 0 Å². The van der Waals surface area contributed by atoms with Gasteiger partial charge in [-0.3, -0.25) is 0 Å². The Labute approximate surface area is 112 Å². The number of rotatable bonds is 3. The Bertz CT molecular complexity index is 691. The van der Waals surface area contributed by atoms with Gasteiger partial charge in [-0.2, -0.15) is 9.64 Å². The highest BCUT2D eigenvalue weighted by Crippen LogP contribution is 2.28. The zero-order valence-corrected chi connectivity index (χ0v) is 10.6. The summed E-state index contributed by atoms with van der Waals surface area (Å²) in [5.74, 6) is -1.71. The first-order chi connectivity index (χ1) is 9.02. The number of anilines is 2. The van der Waals surface area contributed by atoms with Crippen LogP contribution in [-0.2, 0) is 0 Å². The molecule has 5 nitrogen and oxygen atoms in total. The first-order valence-electron chi connectivity index (χ1n) is 5.19. The monoisotopic (exact) mass is 277 g/mol. The molecular weight excluding hydrogens is 269 g/mol. The van der Waals surface area contributed by atoms with Crippen molar-refractivity contribution in [3.8, 4) is 6.07 Å². The first-order valence-corrected chi connectivity index (χ1v) is 5.96. The quantitative estimate of drug-likeness (QED) is 0.900. The number of aromatic carboxylic acids is 1. The van der Waals surface area contributed by atoms with Gasteiger partial charge in [-0.1, -0.05) is 0 Å². The van der Waals surface area contributed by atoms with E-state index >= 15 is 0 Å². The second kappa shape index (κ2) is 5.04. The maximum Gasteiger partial charge on any atom is 0.340 e. The lowest BCUT2D eigenvalue weighted by Crippen LogP contribution is -2.01. The lowest BCUT2D eigenvalue weighted by molar-refractivity contribution is 0.0697. The summed E-state index contributed by atoms with van der Waals surface area (Å²) < 4.78 is 17.1. The third-order valence-electron chi connectivity index (χ3n) is 2.42. The van der Waals surface area contributed by atoms with Crippen LogP contribution in [0.5, 0.6) is 0 Å². The Kier molecular flexibility index (Phi) is 3.44. The molecule has 96 valence electrons. The smallest absolute Gasteiger partial charge is 0.340 e. The first kappa shape index (κ1) is 13.0. The summed E-state index contributed by atoms with van der Waals surface area (Å²) >= 11 is 0.998. The van der Waals surface area contributed by atoms with E-state index < -0.39 is 11.8 Å². The SMILES string of the molecule is Cc1nsc(Nc2ccc(F)c(C#N)c2)c1C(=O)O. The molecule has 0 fully saturated rings. The van der Waals surface area contributed by atoms with E-state index in [1.165, 1.54) is 12.1 Å². The number of carbonyl (C=O) groups is 1. The van der Waals surface area contributed by atoms with Crippen LogP contribution < -0.4 is 5.32 Å². The van der Waals surface area contributed by atoms with Crippen molar-refractivity contribution in [3.05, 3.63) is 40.8 Å². The van der Waals surface area contributed by atoms with Crippen LogP contribution in [0.4, 0.5) is 15.1 Å². The molecule has 7 heteroatoms. The Hall–Kier alpha value is -2.46. The lowest BCUT2D eigenvalue weighted by atomic mass is 10.2. The fraction of sp³-hybridized carbons (Fsp3) is 0.0833. The molecule has 0 aliphatic rings. The van der Waals surface area contributed by atoms with E-state index in [4.69, 9.17) is 10.4 Å². The summed E-state index contributed by atoms with van der Waals surface area (Å²) in [6.07, 6.45) is 0. The molecule has 0 unspecified atom stereocenters. The maximum atomic E-state index is 13.2. The van der Waals surface area contributed by atoms with Crippen LogP contribution in [-0.4, -0.2) is 15.4 Å². The van der Waals surface area contributed by atoms with Crippen molar-refractivity contribution in [3.63, 3.8) is 0 Å². The minimum absolute atomic E-state index is 0.0767. The van der Waals surface area contributed by atoms with Gasteiger partial charge in [0.1, 0.15) is 22.5 Å². The maximum absolute atomic E-state index is 13.2. The summed E-state index contributed by atoms with van der Waals surface area (Å²) in [5.41, 5.74) is 0.808. The molecule has 0 saturated carbocycles. The fourth-order valence-electron chi connectivity index (χ4n) is 1.53. The number of hydrogen-bond acceptors (Lipinski definition) is 5. The molecule has 0 atom stereocenters. The molecule has 0 spiro atoms. The van der Waals surface area contributed by atoms with E-state index in [0.717, 1.165) is 17.6 Å². The molecule has 2 rings (SSSR count). The lowest BCUT2D eigenvalue weighted by Gasteiger charge is -2.05. The largest absolute Gasteiger partial charge is 0.478 e. The summed E-state index contributed by atoms with van der Waals surface area (Å²) in [6.45, 7) is 1.59. The standard InChI is InChI=1S/C12H8FN3O2S/c1-6-10(12(17)18)11(19-16-6)15-8-2-3-9(13)7(4-8)5-14/h2-4,15H,1H3,(H,17,18). The average Bonchev–Trinajstić information content (AvgIpc) is 2.73. The van der Waals surface area contributed by atoms with E-state index in [1.807, 2.05) is 0 Å². The van der Waals surface area contributed by atoms with Gasteiger partial charge >= 0.3 is 5.97 Å². The predicted molar refractivity (Wildman–Crippen MR) is 68.2 cm³/mol. The van der Waals surface area contributed by atoms with Gasteiger partial charge in [0.2, 0.25) is 0 Å². The molecule has 0 saturated heterocycles. The van der Waals surface area contributed by atoms with Gasteiger partial charge in [0.25, 0.3) is 0 Å². The highest BCUT2D eigenvalue weighted by molar-refractivity contribution is 7.10. The van der Waals surface area contributed by atoms with Crippen LogP contribution >= 0.6 is 11.5 Å². The number of hydrogen-bond donors (Lipinski definition) is 2. The molecule has 0 aliphatic heterocycles. The Morgan fingerprint density at radius 1 is 1.58 bits per heavy atom. The Balaban J connectivity index is 2.37. The number of nitrogens with zero attached hydrogens (tertiary/aromatic N) is 2. The van der Waals surface area contributed by atoms with E-state index in [9.17, 15) is 9.18 Å². The molecule has 2 N–H and O–H groups in total. The molecule has 0 radical (unpaired) electrons. The molecule has 1 heterocycles. The molecule has 0 aliphatic carbocycles. The second-order valence-electron chi connectivity index (χ2n) is 3.71. The fourth-order valence-corrected chi connectivity index (χ4v) is 2.34. The van der Waals surface area contributed by atoms with Crippen LogP contribution in [0, 0.1) is 24.1 Å². The summed E-state index contributed by atoms with van der Waals surface area (Å²) in [4.78, 5) is 11.1. The topological polar surface area (TPSA) is 86.0 Å². The van der Waals surface area contributed by atoms with E-state index in [0.29, 0.717) is 16.4 Å². The Morgan fingerprint density at radius 2 is 2.32 bits per heavy atom. The third kappa shape index (κ3) is 2.53. The molecular formula is C12H8FN3O2S. The summed E-state index contributed by atoms with van der Waals surface area (Å²) in [5, 5.41) is 21.0. The van der Waals surface area contributed by atoms with Crippen molar-refractivity contribution >= 4 is 28.2 Å². The van der Waals surface area contributed by atoms with Crippen molar-refractivity contribution in [2.24, 2.45) is 0 Å². The molecule has 0 bridgehead atoms. The highest BCUT2D eigenvalue weighted by Gasteiger charge is 2.17. The molecule has 1 aromatic heterocycles. The summed E-state index contributed by atoms with van der Waals surface area (Å²) in [6, 6.07) is 5.61. The van der Waals surface area contributed by atoms with E-state index in [2.05, 4.69) is 9.69 Å². The predicted octanol–water partition coefficient (Wildman–Crippen LogP) is 2.90. The number of carboxylic acid groups (broad SMARTS) is 1. The number of carboxylic acids is 1. The number of benzene rings is 1. The van der Waals surface area contributed by atoms with Crippen LogP contribution in [0.1, 0.15) is 21.6 Å². The highest BCUT2D eigenvalue weighted by atomic mass is 32.1. The molecule has 1 aromatic carbocycles. The number of aromatic nitrogens is 1. The van der Waals surface area contributed by atoms with Gasteiger partial charge in [-0.25, -0.2) is 9.18 Å². The van der Waals surface area contributed by atoms with E-state index in [1.54, 1.807) is 13.0 Å². The molecule has 2 aromatic rings. The number of nitriles is 1. The van der Waals surface area contributed by atoms with Crippen LogP contribution in [0.3, 0.4) is 0 Å². The van der Waals surface area contributed by atoms with Crippen LogP contribution in [0.15, 0.2) is 18.2 Å². The minimum Gasteiger partial charge on any atom is -0.478 e. The van der Waals surface area contributed by atoms with Crippen molar-refractivity contribution in [2.75, 3.05) is 5.32 Å². The second-order valence-corrected chi connectivity index (χ2v) is 4.48. The average molecular weight is 277 g/mol. The van der Waals surface area contributed by atoms with Gasteiger partial charge in [-0.15, -0.1) is 0 Å². The number of aryl methyl sites for hydroxylation is 1. The summed E-state index contributed by atoms with van der Waals surface area (Å²) in [7, 11) is 0. The van der Waals surface area contributed by atoms with Gasteiger partial charge in [0.05, 0.1) is 11.3 Å². The van der Waals surface area contributed by atoms with Crippen molar-refractivity contribution in [1.29, 1.82) is 5.26 Å².